The van der Waals surface area contributed by atoms with E-state index in [1.807, 2.05) is 0 Å². The van der Waals surface area contributed by atoms with Gasteiger partial charge in [0.2, 0.25) is 0 Å². The van der Waals surface area contributed by atoms with Gasteiger partial charge in [-0.05, 0) is 34.1 Å². The maximum absolute atomic E-state index is 13.8. The molecule has 4 nitrogen and oxygen atoms in total. The summed E-state index contributed by atoms with van der Waals surface area (Å²) in [7, 11) is 0. The largest absolute Gasteiger partial charge is 0.434 e. The monoisotopic (exact) mass is 446 g/mol. The van der Waals surface area contributed by atoms with E-state index in [1.54, 1.807) is 10.6 Å². The van der Waals surface area contributed by atoms with Crippen LogP contribution >= 0.6 is 27.5 Å². The maximum atomic E-state index is 13.8. The van der Waals surface area contributed by atoms with Gasteiger partial charge < -0.3 is 14.4 Å². The number of fused-ring (bicyclic) bond motifs is 3. The fraction of sp³-hybridized carbons (Fsp3) is 0.235. The molecule has 0 spiro atoms. The molecular formula is C17H11BrClF3N2O2. The van der Waals surface area contributed by atoms with Crippen molar-refractivity contribution in [2.24, 2.45) is 0 Å². The van der Waals surface area contributed by atoms with E-state index in [0.717, 1.165) is 0 Å². The van der Waals surface area contributed by atoms with Crippen LogP contribution in [0, 0.1) is 5.82 Å². The van der Waals surface area contributed by atoms with Gasteiger partial charge in [0, 0.05) is 23.1 Å². The Bertz CT molecular complexity index is 1010. The summed E-state index contributed by atoms with van der Waals surface area (Å²) in [6.45, 7) is -3.01. The number of rotatable bonds is 3. The van der Waals surface area contributed by atoms with Crippen LogP contribution in [-0.4, -0.2) is 21.3 Å². The van der Waals surface area contributed by atoms with Crippen molar-refractivity contribution in [3.05, 3.63) is 57.0 Å². The second-order valence-corrected chi connectivity index (χ2v) is 7.15. The summed E-state index contributed by atoms with van der Waals surface area (Å²) in [5.74, 6) is -0.231. The molecule has 0 radical (unpaired) electrons. The fourth-order valence-corrected chi connectivity index (χ4v) is 4.00. The molecule has 1 N–H and O–H groups in total. The predicted octanol–water partition coefficient (Wildman–Crippen LogP) is 5.22. The Morgan fingerprint density at radius 2 is 2.12 bits per heavy atom. The Hall–Kier alpha value is -1.77. The van der Waals surface area contributed by atoms with Crippen molar-refractivity contribution in [3.8, 4) is 5.75 Å². The zero-order valence-corrected chi connectivity index (χ0v) is 15.3. The number of nitrogens with zero attached hydrogens (tertiary/aromatic N) is 2. The molecule has 136 valence electrons. The fourth-order valence-electron chi connectivity index (χ4n) is 3.38. The Kier molecular flexibility index (Phi) is 4.37. The van der Waals surface area contributed by atoms with Crippen LogP contribution in [0.3, 0.4) is 0 Å². The first-order valence-corrected chi connectivity index (χ1v) is 8.82. The number of hydrogen-bond acceptors (Lipinski definition) is 3. The number of aliphatic hydroxyl groups is 1. The van der Waals surface area contributed by atoms with Crippen LogP contribution in [0.1, 0.15) is 30.0 Å². The van der Waals surface area contributed by atoms with Gasteiger partial charge in [-0.1, -0.05) is 17.7 Å². The third kappa shape index (κ3) is 2.76. The Balaban J connectivity index is 1.94. The number of imidazole rings is 1. The van der Waals surface area contributed by atoms with Gasteiger partial charge in [-0.25, -0.2) is 9.37 Å². The number of hydrogen-bond donors (Lipinski definition) is 1. The van der Waals surface area contributed by atoms with Crippen LogP contribution in [0.4, 0.5) is 13.2 Å². The standard InChI is InChI=1S/C17H11BrClF3N2O2/c18-7-4-11-10(5-9(7)20)23-16-13(25)6-12(24(11)16)15-8(19)2-1-3-14(15)26-17(21)22/h1-5,12-13,17,25H,6H2/t12-,13+/m0/s1. The smallest absolute Gasteiger partial charge is 0.387 e. The molecule has 0 aliphatic carbocycles. The highest BCUT2D eigenvalue weighted by atomic mass is 79.9. The molecule has 0 bridgehead atoms. The first-order valence-electron chi connectivity index (χ1n) is 7.65. The lowest BCUT2D eigenvalue weighted by atomic mass is 10.0. The molecule has 9 heteroatoms. The summed E-state index contributed by atoms with van der Waals surface area (Å²) < 4.78 is 46.0. The van der Waals surface area contributed by atoms with Crippen molar-refractivity contribution in [2.75, 3.05) is 0 Å². The van der Waals surface area contributed by atoms with Crippen molar-refractivity contribution < 1.29 is 23.0 Å². The van der Waals surface area contributed by atoms with Crippen LogP contribution in [0.15, 0.2) is 34.8 Å². The second kappa shape index (κ2) is 6.44. The summed E-state index contributed by atoms with van der Waals surface area (Å²) >= 11 is 9.41. The van der Waals surface area contributed by atoms with Crippen LogP contribution in [0.25, 0.3) is 11.0 Å². The molecule has 4 rings (SSSR count). The van der Waals surface area contributed by atoms with Gasteiger partial charge in [0.1, 0.15) is 23.5 Å². The summed E-state index contributed by atoms with van der Waals surface area (Å²) in [4.78, 5) is 4.29. The van der Waals surface area contributed by atoms with Gasteiger partial charge in [-0.3, -0.25) is 0 Å². The zero-order chi connectivity index (χ0) is 18.6. The molecule has 2 atom stereocenters. The Morgan fingerprint density at radius 3 is 2.85 bits per heavy atom. The van der Waals surface area contributed by atoms with Gasteiger partial charge in [-0.15, -0.1) is 0 Å². The number of alkyl halides is 2. The first kappa shape index (κ1) is 17.6. The molecule has 1 aliphatic rings. The van der Waals surface area contributed by atoms with Crippen molar-refractivity contribution in [2.45, 2.75) is 25.2 Å². The quantitative estimate of drug-likeness (QED) is 0.599. The molecule has 1 aromatic heterocycles. The number of halogens is 5. The van der Waals surface area contributed by atoms with Crippen molar-refractivity contribution in [3.63, 3.8) is 0 Å². The van der Waals surface area contributed by atoms with E-state index in [4.69, 9.17) is 11.6 Å². The van der Waals surface area contributed by atoms with E-state index in [0.29, 0.717) is 22.4 Å². The lowest BCUT2D eigenvalue weighted by Gasteiger charge is -2.20. The molecule has 3 aromatic rings. The molecule has 26 heavy (non-hydrogen) atoms. The number of aliphatic hydroxyl groups excluding tert-OH is 1. The van der Waals surface area contributed by atoms with E-state index >= 15 is 0 Å². The number of aromatic nitrogens is 2. The number of ether oxygens (including phenoxy) is 1. The second-order valence-electron chi connectivity index (χ2n) is 5.89. The highest BCUT2D eigenvalue weighted by molar-refractivity contribution is 9.10. The van der Waals surface area contributed by atoms with E-state index < -0.39 is 24.6 Å². The van der Waals surface area contributed by atoms with Gasteiger partial charge in [0.15, 0.2) is 0 Å². The summed E-state index contributed by atoms with van der Waals surface area (Å²) in [5.41, 5.74) is 1.23. The molecule has 0 saturated carbocycles. The molecule has 2 aromatic carbocycles. The number of benzene rings is 2. The van der Waals surface area contributed by atoms with E-state index in [-0.39, 0.29) is 21.7 Å². The van der Waals surface area contributed by atoms with E-state index in [9.17, 15) is 18.3 Å². The molecule has 0 amide bonds. The maximum Gasteiger partial charge on any atom is 0.387 e. The third-order valence-electron chi connectivity index (χ3n) is 4.38. The van der Waals surface area contributed by atoms with E-state index in [1.165, 1.54) is 24.3 Å². The summed E-state index contributed by atoms with van der Waals surface area (Å²) in [6, 6.07) is 6.67. The highest BCUT2D eigenvalue weighted by Gasteiger charge is 2.37. The molecule has 0 unspecified atom stereocenters. The van der Waals surface area contributed by atoms with Gasteiger partial charge in [-0.2, -0.15) is 8.78 Å². The summed E-state index contributed by atoms with van der Waals surface area (Å²) in [5, 5.41) is 10.6. The van der Waals surface area contributed by atoms with Crippen LogP contribution in [0.2, 0.25) is 5.02 Å². The van der Waals surface area contributed by atoms with Crippen molar-refractivity contribution in [1.82, 2.24) is 9.55 Å². The van der Waals surface area contributed by atoms with Gasteiger partial charge >= 0.3 is 6.61 Å². The Labute approximate surface area is 159 Å². The predicted molar refractivity (Wildman–Crippen MR) is 93.2 cm³/mol. The highest BCUT2D eigenvalue weighted by Crippen LogP contribution is 2.46. The third-order valence-corrected chi connectivity index (χ3v) is 5.31. The SMILES string of the molecule is O[C@@H]1C[C@@H](c2c(Cl)cccc2OC(F)F)n2c1nc1cc(F)c(Br)cc12. The van der Waals surface area contributed by atoms with E-state index in [2.05, 4.69) is 25.7 Å². The Morgan fingerprint density at radius 1 is 1.35 bits per heavy atom. The minimum absolute atomic E-state index is 0.0689. The van der Waals surface area contributed by atoms with Crippen molar-refractivity contribution in [1.29, 1.82) is 0 Å². The zero-order valence-electron chi connectivity index (χ0n) is 13.0. The van der Waals surface area contributed by atoms with Gasteiger partial charge in [0.25, 0.3) is 0 Å². The molecular weight excluding hydrogens is 437 g/mol. The molecule has 1 aliphatic heterocycles. The lowest BCUT2D eigenvalue weighted by molar-refractivity contribution is -0.0507. The molecule has 0 saturated heterocycles. The topological polar surface area (TPSA) is 47.3 Å². The average Bonchev–Trinajstić information content (AvgIpc) is 3.06. The van der Waals surface area contributed by atoms with Crippen LogP contribution in [0.5, 0.6) is 5.75 Å². The lowest BCUT2D eigenvalue weighted by Crippen LogP contribution is -2.11. The van der Waals surface area contributed by atoms with Gasteiger partial charge in [0.05, 0.1) is 21.5 Å². The minimum atomic E-state index is -3.01. The minimum Gasteiger partial charge on any atom is -0.434 e. The normalized spacial score (nSPS) is 19.3. The first-order chi connectivity index (χ1) is 12.4. The average molecular weight is 448 g/mol. The van der Waals surface area contributed by atoms with Crippen LogP contribution < -0.4 is 4.74 Å². The molecule has 0 fully saturated rings. The molecule has 2 heterocycles. The van der Waals surface area contributed by atoms with Crippen molar-refractivity contribution >= 4 is 38.6 Å². The summed E-state index contributed by atoms with van der Waals surface area (Å²) in [6.07, 6.45) is -0.749. The van der Waals surface area contributed by atoms with Crippen LogP contribution in [-0.2, 0) is 0 Å².